The van der Waals surface area contributed by atoms with Crippen LogP contribution in [-0.4, -0.2) is 29.1 Å². The summed E-state index contributed by atoms with van der Waals surface area (Å²) in [7, 11) is 3.22. The highest BCUT2D eigenvalue weighted by Gasteiger charge is 2.24. The first kappa shape index (κ1) is 18.2. The molecule has 7 heteroatoms. The van der Waals surface area contributed by atoms with Crippen LogP contribution in [0.3, 0.4) is 0 Å². The largest absolute Gasteiger partial charge is 0.494 e. The number of carbonyl (C=O) groups is 1. The molecule has 0 saturated heterocycles. The van der Waals surface area contributed by atoms with E-state index >= 15 is 0 Å². The lowest BCUT2D eigenvalue weighted by Crippen LogP contribution is -2.25. The third-order valence-electron chi connectivity index (χ3n) is 4.73. The molecule has 0 saturated carbocycles. The van der Waals surface area contributed by atoms with Crippen LogP contribution in [0.15, 0.2) is 53.6 Å². The maximum Gasteiger partial charge on any atom is 0.265 e. The van der Waals surface area contributed by atoms with Crippen molar-refractivity contribution >= 4 is 38.2 Å². The van der Waals surface area contributed by atoms with Gasteiger partial charge in [-0.2, -0.15) is 0 Å². The van der Waals surface area contributed by atoms with Gasteiger partial charge in [0.2, 0.25) is 0 Å². The molecule has 0 unspecified atom stereocenters. The van der Waals surface area contributed by atoms with Crippen LogP contribution in [0.1, 0.15) is 15.2 Å². The van der Waals surface area contributed by atoms with Crippen molar-refractivity contribution in [1.82, 2.24) is 14.9 Å². The number of amides is 1. The summed E-state index contributed by atoms with van der Waals surface area (Å²) in [5, 5.41) is 4.30. The predicted molar refractivity (Wildman–Crippen MR) is 111 cm³/mol. The number of hydrogen-bond donors (Lipinski definition) is 1. The molecule has 28 heavy (non-hydrogen) atoms. The molecule has 1 N–H and O–H groups in total. The van der Waals surface area contributed by atoms with Gasteiger partial charge in [-0.15, -0.1) is 11.3 Å². The van der Waals surface area contributed by atoms with E-state index in [1.807, 2.05) is 36.4 Å². The Hall–Kier alpha value is -3.19. The Bertz CT molecular complexity index is 1230. The normalized spacial score (nSPS) is 11.1. The zero-order valence-electron chi connectivity index (χ0n) is 15.6. The van der Waals surface area contributed by atoms with E-state index in [0.29, 0.717) is 29.0 Å². The summed E-state index contributed by atoms with van der Waals surface area (Å²) in [5.41, 5.74) is 1.70. The fraction of sp³-hybridized carbons (Fsp3) is 0.190. The molecule has 3 heterocycles. The molecular formula is C21H19N3O3S. The SMILES string of the molecule is COc1c(C(=O)NCCc2cccnc2)sc2c1c(=O)n(C)c1ccccc21. The van der Waals surface area contributed by atoms with Crippen molar-refractivity contribution in [2.75, 3.05) is 13.7 Å². The van der Waals surface area contributed by atoms with E-state index in [1.165, 1.54) is 18.4 Å². The van der Waals surface area contributed by atoms with Gasteiger partial charge in [0.05, 0.1) is 17.3 Å². The number of fused-ring (bicyclic) bond motifs is 3. The Morgan fingerprint density at radius 2 is 2.07 bits per heavy atom. The Labute approximate surface area is 165 Å². The van der Waals surface area contributed by atoms with Crippen LogP contribution in [0.25, 0.3) is 21.0 Å². The monoisotopic (exact) mass is 393 g/mol. The van der Waals surface area contributed by atoms with Crippen LogP contribution in [0.5, 0.6) is 5.75 Å². The number of thiophene rings is 1. The average molecular weight is 393 g/mol. The molecule has 3 aromatic heterocycles. The van der Waals surface area contributed by atoms with Gasteiger partial charge in [-0.3, -0.25) is 14.6 Å². The number of benzene rings is 1. The molecule has 0 aliphatic carbocycles. The molecule has 0 aliphatic rings. The van der Waals surface area contributed by atoms with E-state index < -0.39 is 0 Å². The zero-order chi connectivity index (χ0) is 19.7. The minimum absolute atomic E-state index is 0.170. The van der Waals surface area contributed by atoms with Crippen molar-refractivity contribution in [1.29, 1.82) is 0 Å². The van der Waals surface area contributed by atoms with Crippen LogP contribution < -0.4 is 15.6 Å². The standard InChI is InChI=1S/C21H19N3O3S/c1-24-15-8-4-3-7-14(15)18-16(21(24)26)17(27-2)19(28-18)20(25)23-11-9-13-6-5-10-22-12-13/h3-8,10,12H,9,11H2,1-2H3,(H,23,25). The second-order valence-electron chi connectivity index (χ2n) is 6.42. The maximum absolute atomic E-state index is 12.9. The molecule has 0 fully saturated rings. The van der Waals surface area contributed by atoms with Crippen molar-refractivity contribution in [3.8, 4) is 5.75 Å². The Morgan fingerprint density at radius 3 is 2.82 bits per heavy atom. The number of hydrogen-bond acceptors (Lipinski definition) is 5. The lowest BCUT2D eigenvalue weighted by molar-refractivity contribution is 0.0955. The molecule has 1 amide bonds. The molecule has 0 radical (unpaired) electrons. The number of pyridine rings is 2. The third-order valence-corrected chi connectivity index (χ3v) is 5.93. The number of rotatable bonds is 5. The van der Waals surface area contributed by atoms with Crippen LogP contribution in [0.4, 0.5) is 0 Å². The molecular weight excluding hydrogens is 374 g/mol. The van der Waals surface area contributed by atoms with Crippen LogP contribution in [-0.2, 0) is 13.5 Å². The van der Waals surface area contributed by atoms with Crippen molar-refractivity contribution < 1.29 is 9.53 Å². The molecule has 4 aromatic rings. The maximum atomic E-state index is 12.9. The minimum Gasteiger partial charge on any atom is -0.494 e. The number of ether oxygens (including phenoxy) is 1. The summed E-state index contributed by atoms with van der Waals surface area (Å²) in [6, 6.07) is 11.5. The second kappa shape index (κ2) is 7.44. The van der Waals surface area contributed by atoms with Crippen LogP contribution in [0.2, 0.25) is 0 Å². The second-order valence-corrected chi connectivity index (χ2v) is 7.44. The van der Waals surface area contributed by atoms with Crippen molar-refractivity contribution in [2.45, 2.75) is 6.42 Å². The van der Waals surface area contributed by atoms with Crippen LogP contribution >= 0.6 is 11.3 Å². The molecule has 142 valence electrons. The summed E-state index contributed by atoms with van der Waals surface area (Å²) in [5.74, 6) is 0.0957. The number of carbonyl (C=O) groups excluding carboxylic acids is 1. The van der Waals surface area contributed by atoms with Gasteiger partial charge in [-0.05, 0) is 24.1 Å². The van der Waals surface area contributed by atoms with E-state index in [9.17, 15) is 9.59 Å². The minimum atomic E-state index is -0.243. The van der Waals surface area contributed by atoms with Gasteiger partial charge in [-0.25, -0.2) is 0 Å². The van der Waals surface area contributed by atoms with E-state index in [4.69, 9.17) is 4.74 Å². The molecule has 4 rings (SSSR count). The predicted octanol–water partition coefficient (Wildman–Crippen LogP) is 3.13. The zero-order valence-corrected chi connectivity index (χ0v) is 16.4. The first-order valence-electron chi connectivity index (χ1n) is 8.87. The molecule has 0 spiro atoms. The lowest BCUT2D eigenvalue weighted by atomic mass is 10.1. The highest BCUT2D eigenvalue weighted by molar-refractivity contribution is 7.22. The van der Waals surface area contributed by atoms with E-state index in [2.05, 4.69) is 10.3 Å². The fourth-order valence-corrected chi connectivity index (χ4v) is 4.54. The number of para-hydroxylation sites is 1. The first-order chi connectivity index (χ1) is 13.6. The van der Waals surface area contributed by atoms with Gasteiger partial charge >= 0.3 is 0 Å². The molecule has 0 aliphatic heterocycles. The summed E-state index contributed by atoms with van der Waals surface area (Å²) in [4.78, 5) is 30.2. The first-order valence-corrected chi connectivity index (χ1v) is 9.68. The van der Waals surface area contributed by atoms with Gasteiger partial charge in [0.25, 0.3) is 11.5 Å². The third kappa shape index (κ3) is 3.03. The molecule has 1 aromatic carbocycles. The number of methoxy groups -OCH3 is 1. The van der Waals surface area contributed by atoms with Gasteiger partial charge in [0.1, 0.15) is 10.3 Å². The van der Waals surface area contributed by atoms with E-state index in [1.54, 1.807) is 24.0 Å². The van der Waals surface area contributed by atoms with Gasteiger partial charge in [0, 0.05) is 31.4 Å². The van der Waals surface area contributed by atoms with Gasteiger partial charge < -0.3 is 14.6 Å². The van der Waals surface area contributed by atoms with E-state index in [0.717, 1.165) is 21.2 Å². The number of aromatic nitrogens is 2. The average Bonchev–Trinajstić information content (AvgIpc) is 3.13. The topological polar surface area (TPSA) is 73.2 Å². The summed E-state index contributed by atoms with van der Waals surface area (Å²) in [6.45, 7) is 0.473. The summed E-state index contributed by atoms with van der Waals surface area (Å²) < 4.78 is 7.86. The molecule has 0 bridgehead atoms. The molecule has 0 atom stereocenters. The Kier molecular flexibility index (Phi) is 4.83. The number of nitrogens with zero attached hydrogens (tertiary/aromatic N) is 2. The van der Waals surface area contributed by atoms with Gasteiger partial charge in [-0.1, -0.05) is 24.3 Å². The van der Waals surface area contributed by atoms with Gasteiger partial charge in [0.15, 0.2) is 5.75 Å². The van der Waals surface area contributed by atoms with Crippen molar-refractivity contribution in [3.63, 3.8) is 0 Å². The summed E-state index contributed by atoms with van der Waals surface area (Å²) in [6.07, 6.45) is 4.18. The lowest BCUT2D eigenvalue weighted by Gasteiger charge is -2.07. The van der Waals surface area contributed by atoms with Crippen molar-refractivity contribution in [2.24, 2.45) is 7.05 Å². The van der Waals surface area contributed by atoms with Crippen LogP contribution in [0, 0.1) is 0 Å². The number of aryl methyl sites for hydroxylation is 1. The molecule has 6 nitrogen and oxygen atoms in total. The fourth-order valence-electron chi connectivity index (χ4n) is 3.33. The number of nitrogens with one attached hydrogen (secondary N) is 1. The van der Waals surface area contributed by atoms with Crippen molar-refractivity contribution in [3.05, 3.63) is 69.6 Å². The highest BCUT2D eigenvalue weighted by Crippen LogP contribution is 2.39. The smallest absolute Gasteiger partial charge is 0.265 e. The Morgan fingerprint density at radius 1 is 1.25 bits per heavy atom. The van der Waals surface area contributed by atoms with E-state index in [-0.39, 0.29) is 11.5 Å². The quantitative estimate of drug-likeness (QED) is 0.565. The Balaban J connectivity index is 1.73. The summed E-state index contributed by atoms with van der Waals surface area (Å²) >= 11 is 1.29. The highest BCUT2D eigenvalue weighted by atomic mass is 32.1.